The molecule has 0 spiro atoms. The van der Waals surface area contributed by atoms with Gasteiger partial charge in [-0.25, -0.2) is 0 Å². The number of carbonyl (C=O) groups excluding carboxylic acids is 1. The van der Waals surface area contributed by atoms with Crippen molar-refractivity contribution in [2.75, 3.05) is 5.32 Å². The van der Waals surface area contributed by atoms with Crippen LogP contribution < -0.4 is 11.1 Å². The zero-order valence-electron chi connectivity index (χ0n) is 13.0. The van der Waals surface area contributed by atoms with E-state index in [0.717, 1.165) is 0 Å². The summed E-state index contributed by atoms with van der Waals surface area (Å²) in [6.45, 7) is -0.00544. The number of rotatable bonds is 7. The summed E-state index contributed by atoms with van der Waals surface area (Å²) in [6, 6.07) is 12.7. The zero-order chi connectivity index (χ0) is 18.2. The van der Waals surface area contributed by atoms with Crippen LogP contribution in [0.4, 0.5) is 11.4 Å². The van der Waals surface area contributed by atoms with Gasteiger partial charge in [-0.2, -0.15) is 0 Å². The fourth-order valence-corrected chi connectivity index (χ4v) is 2.09. The second kappa shape index (κ2) is 8.65. The first-order chi connectivity index (χ1) is 12.0. The van der Waals surface area contributed by atoms with Crippen LogP contribution >= 0.6 is 11.6 Å². The van der Waals surface area contributed by atoms with E-state index in [-0.39, 0.29) is 24.6 Å². The van der Waals surface area contributed by atoms with Gasteiger partial charge in [-0.05, 0) is 17.7 Å². The van der Waals surface area contributed by atoms with Gasteiger partial charge in [0.2, 0.25) is 5.91 Å². The maximum Gasteiger partial charge on any atom is 0.269 e. The van der Waals surface area contributed by atoms with E-state index < -0.39 is 10.8 Å². The van der Waals surface area contributed by atoms with Gasteiger partial charge in [0.15, 0.2) is 0 Å². The molecule has 2 aromatic rings. The minimum atomic E-state index is -0.500. The highest BCUT2D eigenvalue weighted by Crippen LogP contribution is 2.20. The summed E-state index contributed by atoms with van der Waals surface area (Å²) < 4.78 is 0. The third-order valence-electron chi connectivity index (χ3n) is 3.02. The molecule has 3 N–H and O–H groups in total. The molecule has 0 aliphatic rings. The van der Waals surface area contributed by atoms with E-state index in [4.69, 9.17) is 22.2 Å². The third-order valence-corrected chi connectivity index (χ3v) is 3.35. The molecule has 0 aliphatic heterocycles. The van der Waals surface area contributed by atoms with E-state index in [1.807, 2.05) is 0 Å². The molecule has 2 aromatic carbocycles. The van der Waals surface area contributed by atoms with Crippen molar-refractivity contribution in [2.45, 2.75) is 13.0 Å². The van der Waals surface area contributed by atoms with Crippen molar-refractivity contribution >= 4 is 34.7 Å². The van der Waals surface area contributed by atoms with E-state index >= 15 is 0 Å². The van der Waals surface area contributed by atoms with Crippen LogP contribution in [0.3, 0.4) is 0 Å². The second-order valence-corrected chi connectivity index (χ2v) is 5.40. The Morgan fingerprint density at radius 2 is 2.04 bits per heavy atom. The predicted octanol–water partition coefficient (Wildman–Crippen LogP) is 3.07. The van der Waals surface area contributed by atoms with Gasteiger partial charge in [0.25, 0.3) is 5.69 Å². The Kier molecular flexibility index (Phi) is 6.30. The number of nitro benzene ring substituents is 1. The van der Waals surface area contributed by atoms with Crippen LogP contribution in [-0.4, -0.2) is 16.7 Å². The number of para-hydroxylation sites is 1. The van der Waals surface area contributed by atoms with Gasteiger partial charge in [0, 0.05) is 12.1 Å². The van der Waals surface area contributed by atoms with Gasteiger partial charge in [-0.3, -0.25) is 14.9 Å². The van der Waals surface area contributed by atoms with E-state index in [1.54, 1.807) is 36.4 Å². The predicted molar refractivity (Wildman–Crippen MR) is 94.2 cm³/mol. The molecular weight excluding hydrogens is 348 g/mol. The van der Waals surface area contributed by atoms with Crippen molar-refractivity contribution in [2.24, 2.45) is 10.9 Å². The summed E-state index contributed by atoms with van der Waals surface area (Å²) in [5.41, 5.74) is 6.62. The molecule has 0 bridgehead atoms. The molecule has 1 amide bonds. The maximum absolute atomic E-state index is 11.9. The number of oxime groups is 1. The molecule has 8 nitrogen and oxygen atoms in total. The molecule has 2 rings (SSSR count). The smallest absolute Gasteiger partial charge is 0.269 e. The van der Waals surface area contributed by atoms with Gasteiger partial charge in [-0.15, -0.1) is 0 Å². The number of amides is 1. The lowest BCUT2D eigenvalue weighted by atomic mass is 10.2. The standard InChI is InChI=1S/C16H15ClN4O4/c17-13-6-1-2-7-14(13)19-16(22)9-15(18)20-25-10-11-4-3-5-12(8-11)21(23)24/h1-8H,9-10H2,(H2,18,20)(H,19,22). The number of non-ortho nitro benzene ring substituents is 1. The lowest BCUT2D eigenvalue weighted by Crippen LogP contribution is -2.22. The first-order valence-corrected chi connectivity index (χ1v) is 7.55. The van der Waals surface area contributed by atoms with Crippen molar-refractivity contribution in [1.29, 1.82) is 0 Å². The van der Waals surface area contributed by atoms with Crippen LogP contribution in [0.1, 0.15) is 12.0 Å². The average molecular weight is 363 g/mol. The Morgan fingerprint density at radius 3 is 2.76 bits per heavy atom. The summed E-state index contributed by atoms with van der Waals surface area (Å²) >= 11 is 5.94. The van der Waals surface area contributed by atoms with Gasteiger partial charge in [0.05, 0.1) is 22.1 Å². The fraction of sp³-hybridized carbons (Fsp3) is 0.125. The molecule has 0 radical (unpaired) electrons. The monoisotopic (exact) mass is 362 g/mol. The van der Waals surface area contributed by atoms with Gasteiger partial charge in [0.1, 0.15) is 12.4 Å². The molecule has 0 aromatic heterocycles. The molecule has 0 atom stereocenters. The zero-order valence-corrected chi connectivity index (χ0v) is 13.8. The number of carbonyl (C=O) groups is 1. The molecule has 9 heteroatoms. The van der Waals surface area contributed by atoms with Crippen LogP contribution in [0.5, 0.6) is 0 Å². The fourth-order valence-electron chi connectivity index (χ4n) is 1.90. The maximum atomic E-state index is 11.9. The number of nitro groups is 1. The Hall–Kier alpha value is -3.13. The number of hydrogen-bond donors (Lipinski definition) is 2. The lowest BCUT2D eigenvalue weighted by Gasteiger charge is -2.06. The average Bonchev–Trinajstić information content (AvgIpc) is 2.57. The van der Waals surface area contributed by atoms with Crippen molar-refractivity contribution in [3.05, 3.63) is 69.2 Å². The van der Waals surface area contributed by atoms with Crippen LogP contribution in [0.2, 0.25) is 5.02 Å². The quantitative estimate of drug-likeness (QED) is 0.339. The molecule has 0 unspecified atom stereocenters. The molecular formula is C16H15ClN4O4. The van der Waals surface area contributed by atoms with Crippen molar-refractivity contribution in [3.63, 3.8) is 0 Å². The van der Waals surface area contributed by atoms with Gasteiger partial charge >= 0.3 is 0 Å². The Morgan fingerprint density at radius 1 is 1.28 bits per heavy atom. The topological polar surface area (TPSA) is 120 Å². The minimum absolute atomic E-state index is 0.00544. The SMILES string of the molecule is N/C(CC(=O)Nc1ccccc1Cl)=N/OCc1cccc([N+](=O)[O-])c1. The van der Waals surface area contributed by atoms with Crippen LogP contribution in [0, 0.1) is 10.1 Å². The molecule has 130 valence electrons. The first kappa shape index (κ1) is 18.2. The Bertz CT molecular complexity index is 810. The number of hydrogen-bond acceptors (Lipinski definition) is 5. The van der Waals surface area contributed by atoms with Crippen LogP contribution in [0.25, 0.3) is 0 Å². The first-order valence-electron chi connectivity index (χ1n) is 7.17. The van der Waals surface area contributed by atoms with Gasteiger partial charge < -0.3 is 15.9 Å². The number of anilines is 1. The lowest BCUT2D eigenvalue weighted by molar-refractivity contribution is -0.384. The summed E-state index contributed by atoms with van der Waals surface area (Å²) in [6.07, 6.45) is -0.180. The molecule has 0 saturated heterocycles. The minimum Gasteiger partial charge on any atom is -0.389 e. The number of amidine groups is 1. The van der Waals surface area contributed by atoms with E-state index in [1.165, 1.54) is 12.1 Å². The summed E-state index contributed by atoms with van der Waals surface area (Å²) in [5, 5.41) is 17.3. The summed E-state index contributed by atoms with van der Waals surface area (Å²) in [5.74, 6) is -0.428. The number of nitrogens with one attached hydrogen (secondary N) is 1. The molecule has 0 fully saturated rings. The molecule has 25 heavy (non-hydrogen) atoms. The van der Waals surface area contributed by atoms with Gasteiger partial charge in [-0.1, -0.05) is 41.0 Å². The highest BCUT2D eigenvalue weighted by molar-refractivity contribution is 6.33. The number of halogens is 1. The highest BCUT2D eigenvalue weighted by Gasteiger charge is 2.09. The molecule has 0 aliphatic carbocycles. The molecule has 0 saturated carbocycles. The summed E-state index contributed by atoms with van der Waals surface area (Å²) in [7, 11) is 0. The van der Waals surface area contributed by atoms with E-state index in [9.17, 15) is 14.9 Å². The van der Waals surface area contributed by atoms with Crippen molar-refractivity contribution < 1.29 is 14.6 Å². The third kappa shape index (κ3) is 5.78. The second-order valence-electron chi connectivity index (χ2n) is 4.99. The normalized spacial score (nSPS) is 11.0. The van der Waals surface area contributed by atoms with E-state index in [0.29, 0.717) is 16.3 Å². The summed E-state index contributed by atoms with van der Waals surface area (Å²) in [4.78, 5) is 27.1. The number of nitrogens with zero attached hydrogens (tertiary/aromatic N) is 2. The van der Waals surface area contributed by atoms with Crippen LogP contribution in [0.15, 0.2) is 53.7 Å². The Balaban J connectivity index is 1.85. The number of nitrogens with two attached hydrogens (primary N) is 1. The van der Waals surface area contributed by atoms with Crippen molar-refractivity contribution in [1.82, 2.24) is 0 Å². The van der Waals surface area contributed by atoms with Crippen LogP contribution in [-0.2, 0) is 16.2 Å². The largest absolute Gasteiger partial charge is 0.389 e. The highest BCUT2D eigenvalue weighted by atomic mass is 35.5. The Labute approximate surface area is 148 Å². The van der Waals surface area contributed by atoms with E-state index in [2.05, 4.69) is 10.5 Å². The van der Waals surface area contributed by atoms with Crippen molar-refractivity contribution in [3.8, 4) is 0 Å². The number of benzene rings is 2. The molecule has 0 heterocycles.